The van der Waals surface area contributed by atoms with Crippen molar-refractivity contribution < 1.29 is 19.5 Å². The topological polar surface area (TPSA) is 98.7 Å². The second-order valence-electron chi connectivity index (χ2n) is 7.25. The Balaban J connectivity index is 1.42. The van der Waals surface area contributed by atoms with Crippen molar-refractivity contribution in [2.75, 3.05) is 13.1 Å². The minimum Gasteiger partial charge on any atom is -0.507 e. The monoisotopic (exact) mass is 429 g/mol. The van der Waals surface area contributed by atoms with Crippen LogP contribution in [-0.2, 0) is 16.0 Å². The van der Waals surface area contributed by atoms with E-state index in [2.05, 4.69) is 10.9 Å². The van der Waals surface area contributed by atoms with Gasteiger partial charge in [-0.15, -0.1) is 0 Å². The summed E-state index contributed by atoms with van der Waals surface area (Å²) in [6.07, 6.45) is 2.20. The zero-order chi connectivity index (χ0) is 21.5. The van der Waals surface area contributed by atoms with E-state index in [-0.39, 0.29) is 29.0 Å². The first-order valence-corrected chi connectivity index (χ1v) is 10.2. The van der Waals surface area contributed by atoms with Crippen molar-refractivity contribution in [3.8, 4) is 5.75 Å². The minimum atomic E-state index is -0.656. The molecule has 2 aromatic carbocycles. The van der Waals surface area contributed by atoms with Gasteiger partial charge in [-0.25, -0.2) is 0 Å². The molecule has 0 aliphatic carbocycles. The van der Waals surface area contributed by atoms with E-state index in [0.717, 1.165) is 5.56 Å². The lowest BCUT2D eigenvalue weighted by molar-refractivity contribution is -0.135. The zero-order valence-corrected chi connectivity index (χ0v) is 17.2. The molecule has 0 bridgehead atoms. The summed E-state index contributed by atoms with van der Waals surface area (Å²) >= 11 is 5.83. The van der Waals surface area contributed by atoms with Crippen molar-refractivity contribution in [2.45, 2.75) is 25.7 Å². The van der Waals surface area contributed by atoms with Crippen LogP contribution in [0.15, 0.2) is 48.5 Å². The Kier molecular flexibility index (Phi) is 7.30. The van der Waals surface area contributed by atoms with Gasteiger partial charge in [0.05, 0.1) is 5.56 Å². The summed E-state index contributed by atoms with van der Waals surface area (Å²) in [5.74, 6) is -1.41. The van der Waals surface area contributed by atoms with Crippen LogP contribution < -0.4 is 10.9 Å². The number of likely N-dealkylation sites (tertiary alicyclic amines) is 1. The first-order chi connectivity index (χ1) is 14.4. The van der Waals surface area contributed by atoms with Gasteiger partial charge in [-0.3, -0.25) is 25.2 Å². The van der Waals surface area contributed by atoms with Crippen molar-refractivity contribution in [2.24, 2.45) is 5.92 Å². The van der Waals surface area contributed by atoms with E-state index < -0.39 is 5.91 Å². The zero-order valence-electron chi connectivity index (χ0n) is 16.4. The number of phenols is 1. The molecule has 0 spiro atoms. The summed E-state index contributed by atoms with van der Waals surface area (Å²) in [6.45, 7) is 1.02. The molecule has 1 aliphatic rings. The largest absolute Gasteiger partial charge is 0.507 e. The molecule has 158 valence electrons. The Morgan fingerprint density at radius 3 is 2.43 bits per heavy atom. The number of carbonyl (C=O) groups excluding carboxylic acids is 3. The molecule has 0 radical (unpaired) electrons. The highest BCUT2D eigenvalue weighted by Crippen LogP contribution is 2.21. The highest BCUT2D eigenvalue weighted by molar-refractivity contribution is 6.31. The van der Waals surface area contributed by atoms with Crippen molar-refractivity contribution in [1.82, 2.24) is 15.8 Å². The van der Waals surface area contributed by atoms with Crippen LogP contribution in [0.2, 0.25) is 5.02 Å². The number of halogens is 1. The second kappa shape index (κ2) is 10.1. The van der Waals surface area contributed by atoms with Crippen LogP contribution in [0, 0.1) is 5.92 Å². The van der Waals surface area contributed by atoms with Gasteiger partial charge in [0.2, 0.25) is 11.8 Å². The van der Waals surface area contributed by atoms with Gasteiger partial charge in [0, 0.05) is 30.5 Å². The molecule has 3 rings (SSSR count). The van der Waals surface area contributed by atoms with E-state index in [1.807, 2.05) is 30.3 Å². The van der Waals surface area contributed by atoms with Gasteiger partial charge in [-0.1, -0.05) is 41.9 Å². The number of benzene rings is 2. The number of hydrazine groups is 1. The molecule has 1 aliphatic heterocycles. The average Bonchev–Trinajstić information content (AvgIpc) is 2.78. The van der Waals surface area contributed by atoms with Crippen LogP contribution in [0.5, 0.6) is 5.75 Å². The number of nitrogens with zero attached hydrogens (tertiary/aromatic N) is 1. The smallest absolute Gasteiger partial charge is 0.273 e. The van der Waals surface area contributed by atoms with Gasteiger partial charge < -0.3 is 10.0 Å². The number of piperidine rings is 1. The quantitative estimate of drug-likeness (QED) is 0.636. The number of hydrogen-bond acceptors (Lipinski definition) is 4. The van der Waals surface area contributed by atoms with Gasteiger partial charge in [0.25, 0.3) is 5.91 Å². The summed E-state index contributed by atoms with van der Waals surface area (Å²) in [5.41, 5.74) is 5.79. The van der Waals surface area contributed by atoms with Crippen molar-refractivity contribution in [3.63, 3.8) is 0 Å². The lowest BCUT2D eigenvalue weighted by Crippen LogP contribution is -2.48. The molecule has 30 heavy (non-hydrogen) atoms. The molecule has 0 aromatic heterocycles. The van der Waals surface area contributed by atoms with Gasteiger partial charge in [-0.2, -0.15) is 0 Å². The van der Waals surface area contributed by atoms with Crippen LogP contribution >= 0.6 is 11.6 Å². The lowest BCUT2D eigenvalue weighted by atomic mass is 9.95. The number of phenolic OH excluding ortho intramolecular Hbond substituents is 1. The fourth-order valence-electron chi connectivity index (χ4n) is 3.42. The molecule has 1 heterocycles. The number of hydrogen-bond donors (Lipinski definition) is 3. The number of aryl methyl sites for hydroxylation is 1. The van der Waals surface area contributed by atoms with E-state index in [1.54, 1.807) is 4.90 Å². The molecule has 0 saturated carbocycles. The molecule has 3 amide bonds. The van der Waals surface area contributed by atoms with Crippen molar-refractivity contribution in [1.29, 1.82) is 0 Å². The Labute approximate surface area is 180 Å². The summed E-state index contributed by atoms with van der Waals surface area (Å²) < 4.78 is 0. The first-order valence-electron chi connectivity index (χ1n) is 9.84. The van der Waals surface area contributed by atoms with E-state index in [4.69, 9.17) is 11.6 Å². The van der Waals surface area contributed by atoms with Crippen molar-refractivity contribution in [3.05, 3.63) is 64.7 Å². The molecule has 7 nitrogen and oxygen atoms in total. The fourth-order valence-corrected chi connectivity index (χ4v) is 3.60. The fraction of sp³-hybridized carbons (Fsp3) is 0.318. The van der Waals surface area contributed by atoms with Crippen LogP contribution in [0.1, 0.15) is 35.2 Å². The maximum atomic E-state index is 12.4. The van der Waals surface area contributed by atoms with Gasteiger partial charge >= 0.3 is 0 Å². The lowest BCUT2D eigenvalue weighted by Gasteiger charge is -2.31. The predicted octanol–water partition coefficient (Wildman–Crippen LogP) is 2.68. The summed E-state index contributed by atoms with van der Waals surface area (Å²) in [7, 11) is 0. The second-order valence-corrected chi connectivity index (χ2v) is 7.68. The number of rotatable bonds is 5. The Bertz CT molecular complexity index is 912. The first kappa shape index (κ1) is 21.6. The van der Waals surface area contributed by atoms with E-state index >= 15 is 0 Å². The van der Waals surface area contributed by atoms with Crippen molar-refractivity contribution >= 4 is 29.3 Å². The minimum absolute atomic E-state index is 0.0263. The average molecular weight is 430 g/mol. The van der Waals surface area contributed by atoms with Crippen LogP contribution in [-0.4, -0.2) is 40.8 Å². The SMILES string of the molecule is O=C(NNC(=O)C1CCN(C(=O)CCc2ccccc2)CC1)c1cc(Cl)ccc1O. The number of nitrogens with one attached hydrogen (secondary N) is 2. The molecule has 0 unspecified atom stereocenters. The molecule has 3 N–H and O–H groups in total. The maximum Gasteiger partial charge on any atom is 0.273 e. The number of carbonyl (C=O) groups is 3. The summed E-state index contributed by atoms with van der Waals surface area (Å²) in [4.78, 5) is 38.7. The molecule has 2 aromatic rings. The summed E-state index contributed by atoms with van der Waals surface area (Å²) in [5, 5.41) is 10.0. The highest BCUT2D eigenvalue weighted by atomic mass is 35.5. The Morgan fingerprint density at radius 1 is 1.03 bits per heavy atom. The van der Waals surface area contributed by atoms with Crippen LogP contribution in [0.4, 0.5) is 0 Å². The van der Waals surface area contributed by atoms with Crippen LogP contribution in [0.3, 0.4) is 0 Å². The predicted molar refractivity (Wildman–Crippen MR) is 113 cm³/mol. The maximum absolute atomic E-state index is 12.4. The molecule has 1 fully saturated rings. The Hall–Kier alpha value is -3.06. The normalized spacial score (nSPS) is 14.2. The van der Waals surface area contributed by atoms with Gasteiger partial charge in [-0.05, 0) is 43.0 Å². The summed E-state index contributed by atoms with van der Waals surface area (Å²) in [6, 6.07) is 13.9. The van der Waals surface area contributed by atoms with Gasteiger partial charge in [0.15, 0.2) is 0 Å². The third kappa shape index (κ3) is 5.73. The highest BCUT2D eigenvalue weighted by Gasteiger charge is 2.27. The number of amides is 3. The van der Waals surface area contributed by atoms with E-state index in [1.165, 1.54) is 18.2 Å². The Morgan fingerprint density at radius 2 is 1.73 bits per heavy atom. The van der Waals surface area contributed by atoms with Gasteiger partial charge in [0.1, 0.15) is 5.75 Å². The van der Waals surface area contributed by atoms with E-state index in [9.17, 15) is 19.5 Å². The molecular formula is C22H24ClN3O4. The molecule has 8 heteroatoms. The molecule has 0 atom stereocenters. The number of aromatic hydroxyl groups is 1. The molecule has 1 saturated heterocycles. The molecular weight excluding hydrogens is 406 g/mol. The standard InChI is InChI=1S/C22H24ClN3O4/c23-17-7-8-19(27)18(14-17)22(30)25-24-21(29)16-10-12-26(13-11-16)20(28)9-6-15-4-2-1-3-5-15/h1-5,7-8,14,16,27H,6,9-13H2,(H,24,29)(H,25,30). The third-order valence-electron chi connectivity index (χ3n) is 5.19. The van der Waals surface area contributed by atoms with E-state index in [0.29, 0.717) is 43.8 Å². The van der Waals surface area contributed by atoms with Crippen LogP contribution in [0.25, 0.3) is 0 Å². The third-order valence-corrected chi connectivity index (χ3v) is 5.43.